The van der Waals surface area contributed by atoms with Gasteiger partial charge in [-0.15, -0.1) is 0 Å². The molecule has 5 heteroatoms. The van der Waals surface area contributed by atoms with Crippen LogP contribution in [0.1, 0.15) is 12.8 Å². The van der Waals surface area contributed by atoms with Crippen molar-refractivity contribution < 1.29 is 19.7 Å². The van der Waals surface area contributed by atoms with Crippen LogP contribution in [0.3, 0.4) is 0 Å². The van der Waals surface area contributed by atoms with Gasteiger partial charge >= 0.3 is 0 Å². The second kappa shape index (κ2) is 4.04. The number of carbonyl (C=O) groups is 1. The van der Waals surface area contributed by atoms with Crippen molar-refractivity contribution in [3.63, 3.8) is 0 Å². The average molecular weight is 189 g/mol. The molecule has 5 nitrogen and oxygen atoms in total. The van der Waals surface area contributed by atoms with Gasteiger partial charge in [0.05, 0.1) is 0 Å². The van der Waals surface area contributed by atoms with Gasteiger partial charge in [0.15, 0.2) is 5.79 Å². The maximum Gasteiger partial charge on any atom is 0.248 e. The minimum atomic E-state index is -1.59. The third-order valence-electron chi connectivity index (χ3n) is 2.18. The molecule has 76 valence electrons. The van der Waals surface area contributed by atoms with E-state index in [-0.39, 0.29) is 25.4 Å². The minimum absolute atomic E-state index is 0.0594. The number of methoxy groups -OCH3 is 1. The van der Waals surface area contributed by atoms with Crippen molar-refractivity contribution in [2.75, 3.05) is 26.8 Å². The third kappa shape index (κ3) is 2.95. The number of amides is 1. The van der Waals surface area contributed by atoms with E-state index in [9.17, 15) is 15.0 Å². The van der Waals surface area contributed by atoms with Gasteiger partial charge in [0, 0.05) is 33.0 Å². The van der Waals surface area contributed by atoms with Crippen molar-refractivity contribution in [3.8, 4) is 0 Å². The Balaban J connectivity index is 2.36. The van der Waals surface area contributed by atoms with Gasteiger partial charge in [-0.3, -0.25) is 4.79 Å². The van der Waals surface area contributed by atoms with Crippen molar-refractivity contribution in [1.82, 2.24) is 4.90 Å². The molecule has 1 aliphatic rings. The van der Waals surface area contributed by atoms with Crippen molar-refractivity contribution in [2.45, 2.75) is 18.6 Å². The highest BCUT2D eigenvalue weighted by Crippen LogP contribution is 2.18. The number of nitrogens with zero attached hydrogens (tertiary/aromatic N) is 1. The number of piperidine rings is 1. The second-order valence-corrected chi connectivity index (χ2v) is 3.30. The van der Waals surface area contributed by atoms with Crippen LogP contribution in [-0.2, 0) is 9.53 Å². The minimum Gasteiger partial charge on any atom is -0.375 e. The number of carbonyl (C=O) groups excluding carboxylic acids is 1. The number of hydrogen-bond donors (Lipinski definition) is 2. The standard InChI is InChI=1S/C8H15NO4/c1-13-6-7(10)9-4-2-8(11,12)3-5-9/h11-12H,2-6H2,1H3. The van der Waals surface area contributed by atoms with Crippen LogP contribution < -0.4 is 0 Å². The van der Waals surface area contributed by atoms with E-state index in [4.69, 9.17) is 4.74 Å². The first-order valence-corrected chi connectivity index (χ1v) is 4.26. The molecule has 13 heavy (non-hydrogen) atoms. The quantitative estimate of drug-likeness (QED) is 0.543. The Morgan fingerprint density at radius 3 is 2.46 bits per heavy atom. The number of hydrogen-bond acceptors (Lipinski definition) is 4. The summed E-state index contributed by atoms with van der Waals surface area (Å²) in [5.41, 5.74) is 0. The van der Waals surface area contributed by atoms with Crippen LogP contribution in [-0.4, -0.2) is 53.6 Å². The Labute approximate surface area is 76.9 Å². The van der Waals surface area contributed by atoms with Gasteiger partial charge < -0.3 is 19.8 Å². The molecule has 1 saturated heterocycles. The van der Waals surface area contributed by atoms with Gasteiger partial charge in [0.25, 0.3) is 0 Å². The molecule has 0 radical (unpaired) electrons. The van der Waals surface area contributed by atoms with E-state index < -0.39 is 5.79 Å². The zero-order valence-corrected chi connectivity index (χ0v) is 7.69. The molecule has 0 spiro atoms. The fraction of sp³-hybridized carbons (Fsp3) is 0.875. The van der Waals surface area contributed by atoms with E-state index >= 15 is 0 Å². The summed E-state index contributed by atoms with van der Waals surface area (Å²) in [4.78, 5) is 12.8. The zero-order valence-electron chi connectivity index (χ0n) is 7.69. The predicted molar refractivity (Wildman–Crippen MR) is 44.9 cm³/mol. The molecule has 0 aliphatic carbocycles. The van der Waals surface area contributed by atoms with E-state index in [0.29, 0.717) is 13.1 Å². The fourth-order valence-electron chi connectivity index (χ4n) is 1.33. The van der Waals surface area contributed by atoms with Crippen LogP contribution >= 0.6 is 0 Å². The first-order chi connectivity index (χ1) is 6.05. The maximum absolute atomic E-state index is 11.2. The van der Waals surface area contributed by atoms with Gasteiger partial charge in [-0.1, -0.05) is 0 Å². The van der Waals surface area contributed by atoms with Crippen molar-refractivity contribution in [1.29, 1.82) is 0 Å². The summed E-state index contributed by atoms with van der Waals surface area (Å²) in [7, 11) is 1.46. The predicted octanol–water partition coefficient (Wildman–Crippen LogP) is -1.06. The van der Waals surface area contributed by atoms with Crippen molar-refractivity contribution >= 4 is 5.91 Å². The molecule has 1 heterocycles. The molecule has 0 aromatic carbocycles. The van der Waals surface area contributed by atoms with E-state index in [1.807, 2.05) is 0 Å². The van der Waals surface area contributed by atoms with Crippen LogP contribution in [0.4, 0.5) is 0 Å². The second-order valence-electron chi connectivity index (χ2n) is 3.30. The van der Waals surface area contributed by atoms with E-state index in [1.54, 1.807) is 4.90 Å². The molecule has 0 aromatic rings. The van der Waals surface area contributed by atoms with Crippen LogP contribution in [0, 0.1) is 0 Å². The van der Waals surface area contributed by atoms with Gasteiger partial charge in [-0.05, 0) is 0 Å². The lowest BCUT2D eigenvalue weighted by atomic mass is 10.0. The van der Waals surface area contributed by atoms with Gasteiger partial charge in [-0.2, -0.15) is 0 Å². The lowest BCUT2D eigenvalue weighted by molar-refractivity contribution is -0.191. The molecule has 1 rings (SSSR count). The van der Waals surface area contributed by atoms with Crippen LogP contribution in [0.25, 0.3) is 0 Å². The summed E-state index contributed by atoms with van der Waals surface area (Å²) in [5, 5.41) is 18.4. The largest absolute Gasteiger partial charge is 0.375 e. The third-order valence-corrected chi connectivity index (χ3v) is 2.18. The first kappa shape index (κ1) is 10.4. The summed E-state index contributed by atoms with van der Waals surface area (Å²) in [6, 6.07) is 0. The summed E-state index contributed by atoms with van der Waals surface area (Å²) in [6.45, 7) is 0.828. The van der Waals surface area contributed by atoms with Gasteiger partial charge in [0.2, 0.25) is 5.91 Å². The lowest BCUT2D eigenvalue weighted by Crippen LogP contribution is -2.47. The van der Waals surface area contributed by atoms with Crippen molar-refractivity contribution in [2.24, 2.45) is 0 Å². The molecule has 0 aromatic heterocycles. The Bertz CT molecular complexity index is 183. The highest BCUT2D eigenvalue weighted by atomic mass is 16.5. The summed E-state index contributed by atoms with van der Waals surface area (Å²) < 4.78 is 4.69. The van der Waals surface area contributed by atoms with Gasteiger partial charge in [0.1, 0.15) is 6.61 Å². The molecule has 1 amide bonds. The van der Waals surface area contributed by atoms with E-state index in [0.717, 1.165) is 0 Å². The Morgan fingerprint density at radius 1 is 1.46 bits per heavy atom. The SMILES string of the molecule is COCC(=O)N1CCC(O)(O)CC1. The number of aliphatic hydroxyl groups is 2. The van der Waals surface area contributed by atoms with Gasteiger partial charge in [-0.25, -0.2) is 0 Å². The van der Waals surface area contributed by atoms with Crippen LogP contribution in [0.15, 0.2) is 0 Å². The maximum atomic E-state index is 11.2. The summed E-state index contributed by atoms with van der Waals surface area (Å²) >= 11 is 0. The topological polar surface area (TPSA) is 70.0 Å². The first-order valence-electron chi connectivity index (χ1n) is 4.26. The molecule has 0 atom stereocenters. The Kier molecular flexibility index (Phi) is 3.24. The summed E-state index contributed by atoms with van der Waals surface area (Å²) in [6.07, 6.45) is 0.422. The highest BCUT2D eigenvalue weighted by Gasteiger charge is 2.31. The number of rotatable bonds is 2. The van der Waals surface area contributed by atoms with E-state index in [1.165, 1.54) is 7.11 Å². The average Bonchev–Trinajstić information content (AvgIpc) is 2.04. The molecule has 2 N–H and O–H groups in total. The normalized spacial score (nSPS) is 21.6. The molecule has 1 fully saturated rings. The fourth-order valence-corrected chi connectivity index (χ4v) is 1.33. The van der Waals surface area contributed by atoms with Crippen LogP contribution in [0.5, 0.6) is 0 Å². The summed E-state index contributed by atoms with van der Waals surface area (Å²) in [5.74, 6) is -1.69. The highest BCUT2D eigenvalue weighted by molar-refractivity contribution is 5.77. The zero-order chi connectivity index (χ0) is 9.90. The molecule has 0 bridgehead atoms. The van der Waals surface area contributed by atoms with Crippen molar-refractivity contribution in [3.05, 3.63) is 0 Å². The van der Waals surface area contributed by atoms with Crippen LogP contribution in [0.2, 0.25) is 0 Å². The smallest absolute Gasteiger partial charge is 0.248 e. The number of ether oxygens (including phenoxy) is 1. The molecular weight excluding hydrogens is 174 g/mol. The number of likely N-dealkylation sites (tertiary alicyclic amines) is 1. The van der Waals surface area contributed by atoms with E-state index in [2.05, 4.69) is 0 Å². The molecule has 1 aliphatic heterocycles. The monoisotopic (exact) mass is 189 g/mol. The molecular formula is C8H15NO4. The molecule has 0 saturated carbocycles. The Morgan fingerprint density at radius 2 is 2.00 bits per heavy atom. The lowest BCUT2D eigenvalue weighted by Gasteiger charge is -2.34. The molecule has 0 unspecified atom stereocenters. The Hall–Kier alpha value is -0.650.